The van der Waals surface area contributed by atoms with Crippen molar-refractivity contribution in [3.63, 3.8) is 0 Å². The normalized spacial score (nSPS) is 20.1. The quantitative estimate of drug-likeness (QED) is 0.520. The monoisotopic (exact) mass is 596 g/mol. The minimum absolute atomic E-state index is 0.00303. The van der Waals surface area contributed by atoms with Crippen molar-refractivity contribution in [2.45, 2.75) is 44.7 Å². The molecule has 2 aliphatic heterocycles. The van der Waals surface area contributed by atoms with Crippen molar-refractivity contribution in [2.75, 3.05) is 48.6 Å². The summed E-state index contributed by atoms with van der Waals surface area (Å²) in [4.78, 5) is 17.8. The van der Waals surface area contributed by atoms with E-state index < -0.39 is 39.9 Å². The van der Waals surface area contributed by atoms with Crippen LogP contribution < -0.4 is 9.62 Å². The third-order valence-electron chi connectivity index (χ3n) is 7.16. The molecule has 0 spiro atoms. The smallest absolute Gasteiger partial charge is 0.371 e. The molecule has 2 fully saturated rings. The van der Waals surface area contributed by atoms with Crippen LogP contribution in [0.5, 0.6) is 0 Å². The van der Waals surface area contributed by atoms with Crippen LogP contribution in [0, 0.1) is 5.92 Å². The maximum Gasteiger partial charge on any atom is 0.418 e. The molecule has 0 radical (unpaired) electrons. The fraction of sp³-hybridized carbons (Fsp3) is 0.583. The topological polar surface area (TPSA) is 90.8 Å². The number of carbonyl (C=O) groups is 1. The van der Waals surface area contributed by atoms with Gasteiger partial charge in [-0.1, -0.05) is 6.07 Å². The Morgan fingerprint density at radius 3 is 2.30 bits per heavy atom. The number of aromatic nitrogens is 2. The molecule has 1 aromatic carbocycles. The SMILES string of the molecule is C[C@H]1CN(C(=O)n2ccc(NS(C)(=O)=O)n2)CCN1Cc1ccc(C(F)(F)F)c(N2CCC(C(F)(F)F)CC2)c1. The number of alkyl halides is 6. The number of rotatable bonds is 5. The molecular weight excluding hydrogens is 566 g/mol. The molecule has 0 unspecified atom stereocenters. The van der Waals surface area contributed by atoms with E-state index in [4.69, 9.17) is 0 Å². The maximum absolute atomic E-state index is 13.8. The second kappa shape index (κ2) is 11.1. The summed E-state index contributed by atoms with van der Waals surface area (Å²) in [6, 6.07) is 4.49. The van der Waals surface area contributed by atoms with E-state index in [9.17, 15) is 39.6 Å². The average Bonchev–Trinajstić information content (AvgIpc) is 3.30. The number of piperazine rings is 1. The predicted molar refractivity (Wildman–Crippen MR) is 135 cm³/mol. The first-order chi connectivity index (χ1) is 18.5. The van der Waals surface area contributed by atoms with Gasteiger partial charge in [0.25, 0.3) is 0 Å². The Bertz CT molecular complexity index is 1320. The zero-order chi connectivity index (χ0) is 29.5. The first kappa shape index (κ1) is 30.0. The number of piperidine rings is 1. The van der Waals surface area contributed by atoms with Crippen molar-refractivity contribution in [1.29, 1.82) is 0 Å². The largest absolute Gasteiger partial charge is 0.418 e. The van der Waals surface area contributed by atoms with Crippen LogP contribution in [0.15, 0.2) is 30.5 Å². The van der Waals surface area contributed by atoms with Gasteiger partial charge < -0.3 is 9.80 Å². The van der Waals surface area contributed by atoms with Gasteiger partial charge in [-0.25, -0.2) is 13.2 Å². The van der Waals surface area contributed by atoms with Gasteiger partial charge in [0.15, 0.2) is 5.82 Å². The van der Waals surface area contributed by atoms with Gasteiger partial charge in [0.05, 0.1) is 17.7 Å². The molecule has 0 aliphatic carbocycles. The number of hydrogen-bond donors (Lipinski definition) is 1. The average molecular weight is 597 g/mol. The number of amides is 1. The lowest BCUT2D eigenvalue weighted by Gasteiger charge is -2.40. The van der Waals surface area contributed by atoms with Gasteiger partial charge in [0.2, 0.25) is 10.0 Å². The highest BCUT2D eigenvalue weighted by molar-refractivity contribution is 7.92. The fourth-order valence-electron chi connectivity index (χ4n) is 5.08. The molecule has 2 saturated heterocycles. The highest BCUT2D eigenvalue weighted by Crippen LogP contribution is 2.41. The first-order valence-electron chi connectivity index (χ1n) is 12.6. The molecule has 1 amide bonds. The summed E-state index contributed by atoms with van der Waals surface area (Å²) < 4.78 is 107. The van der Waals surface area contributed by atoms with E-state index in [1.165, 1.54) is 29.3 Å². The van der Waals surface area contributed by atoms with Crippen LogP contribution in [0.4, 0.5) is 42.6 Å². The van der Waals surface area contributed by atoms with E-state index in [2.05, 4.69) is 9.82 Å². The summed E-state index contributed by atoms with van der Waals surface area (Å²) in [5.74, 6) is -1.52. The lowest BCUT2D eigenvalue weighted by atomic mass is 9.95. The molecule has 0 saturated carbocycles. The van der Waals surface area contributed by atoms with Crippen molar-refractivity contribution in [2.24, 2.45) is 5.92 Å². The molecule has 222 valence electrons. The molecule has 3 heterocycles. The van der Waals surface area contributed by atoms with Gasteiger partial charge in [-0.05, 0) is 37.5 Å². The molecule has 0 bridgehead atoms. The molecule has 2 aromatic rings. The Morgan fingerprint density at radius 2 is 1.73 bits per heavy atom. The standard InChI is InChI=1S/C24H30F6N6O3S/c1-16-14-35(22(37)36-10-7-21(31-36)32-40(2,38)39)12-11-34(16)15-17-3-4-19(24(28,29)30)20(13-17)33-8-5-18(6-9-33)23(25,26)27/h3-4,7,10,13,16,18H,5-6,8-9,11-12,14-15H2,1-2H3,(H,31,32)/t16-/m0/s1. The molecule has 1 N–H and O–H groups in total. The van der Waals surface area contributed by atoms with E-state index in [1.54, 1.807) is 4.90 Å². The molecule has 40 heavy (non-hydrogen) atoms. The molecule has 16 heteroatoms. The Labute approximate surface area is 227 Å². The van der Waals surface area contributed by atoms with E-state index in [0.717, 1.165) is 17.0 Å². The number of anilines is 2. The van der Waals surface area contributed by atoms with Crippen LogP contribution >= 0.6 is 0 Å². The van der Waals surface area contributed by atoms with Crippen molar-refractivity contribution in [1.82, 2.24) is 19.6 Å². The van der Waals surface area contributed by atoms with Crippen molar-refractivity contribution in [3.8, 4) is 0 Å². The number of halogens is 6. The van der Waals surface area contributed by atoms with E-state index >= 15 is 0 Å². The Morgan fingerprint density at radius 1 is 1.05 bits per heavy atom. The first-order valence-corrected chi connectivity index (χ1v) is 14.5. The zero-order valence-corrected chi connectivity index (χ0v) is 22.7. The van der Waals surface area contributed by atoms with Gasteiger partial charge in [0, 0.05) is 63.3 Å². The van der Waals surface area contributed by atoms with Crippen LogP contribution in [0.25, 0.3) is 0 Å². The summed E-state index contributed by atoms with van der Waals surface area (Å²) in [7, 11) is -3.56. The van der Waals surface area contributed by atoms with E-state index in [-0.39, 0.29) is 50.0 Å². The summed E-state index contributed by atoms with van der Waals surface area (Å²) in [6.07, 6.45) is -7.25. The number of nitrogens with zero attached hydrogens (tertiary/aromatic N) is 5. The second-order valence-electron chi connectivity index (χ2n) is 10.2. The highest BCUT2D eigenvalue weighted by Gasteiger charge is 2.42. The lowest BCUT2D eigenvalue weighted by molar-refractivity contribution is -0.179. The Kier molecular flexibility index (Phi) is 8.32. The Hall–Kier alpha value is -3.01. The van der Waals surface area contributed by atoms with Gasteiger partial charge in [-0.15, -0.1) is 5.10 Å². The second-order valence-corrected chi connectivity index (χ2v) is 12.0. The van der Waals surface area contributed by atoms with Crippen LogP contribution in [-0.4, -0.2) is 85.2 Å². The summed E-state index contributed by atoms with van der Waals surface area (Å²) in [5, 5.41) is 3.95. The van der Waals surface area contributed by atoms with Gasteiger partial charge in [0.1, 0.15) is 0 Å². The molecule has 1 atom stereocenters. The molecule has 1 aromatic heterocycles. The van der Waals surface area contributed by atoms with Crippen LogP contribution in [-0.2, 0) is 22.7 Å². The molecule has 2 aliphatic rings. The lowest BCUT2D eigenvalue weighted by Crippen LogP contribution is -2.54. The number of benzene rings is 1. The van der Waals surface area contributed by atoms with Gasteiger partial charge in [-0.3, -0.25) is 9.62 Å². The molecule has 9 nitrogen and oxygen atoms in total. The summed E-state index contributed by atoms with van der Waals surface area (Å²) in [6.45, 7) is 2.92. The molecule has 4 rings (SSSR count). The van der Waals surface area contributed by atoms with Crippen molar-refractivity contribution >= 4 is 27.6 Å². The van der Waals surface area contributed by atoms with E-state index in [0.29, 0.717) is 25.2 Å². The number of nitrogens with one attached hydrogen (secondary N) is 1. The Balaban J connectivity index is 1.43. The summed E-state index contributed by atoms with van der Waals surface area (Å²) in [5.41, 5.74) is -0.422. The fourth-order valence-corrected chi connectivity index (χ4v) is 5.57. The number of hydrogen-bond acceptors (Lipinski definition) is 6. The van der Waals surface area contributed by atoms with Crippen LogP contribution in [0.3, 0.4) is 0 Å². The third-order valence-corrected chi connectivity index (χ3v) is 7.74. The maximum atomic E-state index is 13.8. The van der Waals surface area contributed by atoms with Crippen LogP contribution in [0.2, 0.25) is 0 Å². The van der Waals surface area contributed by atoms with E-state index in [1.807, 2.05) is 11.8 Å². The van der Waals surface area contributed by atoms with Crippen molar-refractivity contribution in [3.05, 3.63) is 41.6 Å². The third kappa shape index (κ3) is 7.19. The predicted octanol–water partition coefficient (Wildman–Crippen LogP) is 4.23. The van der Waals surface area contributed by atoms with Gasteiger partial charge >= 0.3 is 18.4 Å². The minimum Gasteiger partial charge on any atom is -0.371 e. The highest BCUT2D eigenvalue weighted by atomic mass is 32.2. The minimum atomic E-state index is -4.66. The summed E-state index contributed by atoms with van der Waals surface area (Å²) >= 11 is 0. The molecular formula is C24H30F6N6O3S. The van der Waals surface area contributed by atoms with Crippen molar-refractivity contribution < 1.29 is 39.6 Å². The van der Waals surface area contributed by atoms with Crippen LogP contribution in [0.1, 0.15) is 30.9 Å². The number of carbonyl (C=O) groups excluding carboxylic acids is 1. The number of sulfonamides is 1. The zero-order valence-electron chi connectivity index (χ0n) is 21.8. The van der Waals surface area contributed by atoms with Gasteiger partial charge in [-0.2, -0.15) is 31.0 Å².